The summed E-state index contributed by atoms with van der Waals surface area (Å²) >= 11 is 5.48. The molecule has 6 rings (SSSR count). The second kappa shape index (κ2) is 27.5. The highest BCUT2D eigenvalue weighted by molar-refractivity contribution is 7.84. The van der Waals surface area contributed by atoms with E-state index in [1.807, 2.05) is 0 Å². The van der Waals surface area contributed by atoms with Gasteiger partial charge in [-0.05, 0) is 147 Å². The second-order valence-electron chi connectivity index (χ2n) is 23.1. The third-order valence-corrected chi connectivity index (χ3v) is 16.7. The number of hydrogen-bond acceptors (Lipinski definition) is 7. The molecular weight excluding hydrogens is 889 g/mol. The van der Waals surface area contributed by atoms with Crippen LogP contribution in [-0.4, -0.2) is 73.7 Å². The third-order valence-electron chi connectivity index (χ3n) is 16.1. The first-order chi connectivity index (χ1) is 34.1. The summed E-state index contributed by atoms with van der Waals surface area (Å²) in [6.45, 7) is 37.7. The Kier molecular flexibility index (Phi) is 21.8. The molecule has 6 atom stereocenters. The van der Waals surface area contributed by atoms with Crippen molar-refractivity contribution < 1.29 is 4.79 Å². The van der Waals surface area contributed by atoms with Crippen LogP contribution >= 0.6 is 12.6 Å². The van der Waals surface area contributed by atoms with Crippen molar-refractivity contribution in [2.24, 2.45) is 29.1 Å². The van der Waals surface area contributed by atoms with E-state index in [-0.39, 0.29) is 23.4 Å². The van der Waals surface area contributed by atoms with Gasteiger partial charge in [-0.1, -0.05) is 154 Å². The van der Waals surface area contributed by atoms with Gasteiger partial charge in [0.05, 0.1) is 12.7 Å². The van der Waals surface area contributed by atoms with Crippen LogP contribution in [0.25, 0.3) is 0 Å². The Morgan fingerprint density at radius 2 is 1.70 bits per heavy atom. The van der Waals surface area contributed by atoms with Crippen molar-refractivity contribution in [1.82, 2.24) is 31.1 Å². The Hall–Kier alpha value is -3.82. The first-order valence-corrected chi connectivity index (χ1v) is 28.5. The summed E-state index contributed by atoms with van der Waals surface area (Å²) in [6.07, 6.45) is 22.5. The molecule has 5 unspecified atom stereocenters. The molecule has 1 saturated carbocycles. The van der Waals surface area contributed by atoms with Crippen molar-refractivity contribution in [3.8, 4) is 0 Å². The van der Waals surface area contributed by atoms with Gasteiger partial charge in [-0.15, -0.1) is 12.6 Å². The van der Waals surface area contributed by atoms with Gasteiger partial charge in [0.2, 0.25) is 5.91 Å². The van der Waals surface area contributed by atoms with E-state index in [1.165, 1.54) is 68.7 Å². The molecule has 2 aromatic carbocycles. The zero-order valence-electron chi connectivity index (χ0n) is 45.9. The zero-order valence-corrected chi connectivity index (χ0v) is 46.8. The molecule has 4 N–H and O–H groups in total. The molecule has 2 aliphatic heterocycles. The average molecular weight is 986 g/mol. The van der Waals surface area contributed by atoms with E-state index < -0.39 is 0 Å². The fourth-order valence-electron chi connectivity index (χ4n) is 11.5. The van der Waals surface area contributed by atoms with Crippen molar-refractivity contribution in [3.05, 3.63) is 141 Å². The molecule has 4 aliphatic rings. The molecule has 71 heavy (non-hydrogen) atoms. The molecule has 1 saturated heterocycles. The Balaban J connectivity index is 1.09. The van der Waals surface area contributed by atoms with Crippen LogP contribution in [0.4, 0.5) is 0 Å². The number of allylic oxidation sites excluding steroid dienone is 6. The van der Waals surface area contributed by atoms with Gasteiger partial charge in [0.15, 0.2) is 0 Å². The van der Waals surface area contributed by atoms with E-state index in [9.17, 15) is 4.79 Å². The SMILES string of the molecule is C=C1/C=C/CCC(C)C2/C(=C(/S)C(CC(C)C)NC(=C)C(C)(C)CNCC[C@@H](Cc3ccc(CC)c(C)c3)N1)C2c1ccc(CN2CCN(CCC(C)C3=C(CC(=O)NCCCCCC)CC=C3)C2)cc1. The van der Waals surface area contributed by atoms with Crippen LogP contribution in [0.1, 0.15) is 160 Å². The molecule has 2 heterocycles. The Bertz CT molecular complexity index is 2200. The standard InChI is InChI=1S/C63H96N6OS/c1-12-14-15-18-32-65-58(70)40-54-22-19-23-56(54)45(5)31-34-68-35-36-69(43-68)41-50-24-28-53(29-25-50)60-59-46(6)20-16-17-21-48(8)66-55(39-51-26-27-52(13-2)47(7)38-51)30-33-64-42-63(10,11)49(9)67-57(37-44(3)4)62(71)61(59)60/h17,19,21,23-29,38,44-46,55,57,59-60,64,66-67,71H,8-9,12-16,18,20,22,30-37,39-43H2,1-7,10-11H3,(H,65,70)/b21-17+,62-61-/t45?,46?,55-,57?,59?,60?/m0/s1. The zero-order chi connectivity index (χ0) is 51.1. The van der Waals surface area contributed by atoms with Crippen LogP contribution in [0, 0.1) is 36.0 Å². The van der Waals surface area contributed by atoms with Crippen LogP contribution in [0.5, 0.6) is 0 Å². The minimum absolute atomic E-state index is 0.117. The Morgan fingerprint density at radius 3 is 2.44 bits per heavy atom. The molecule has 8 heteroatoms. The monoisotopic (exact) mass is 985 g/mol. The number of nitrogens with zero attached hydrogens (tertiary/aromatic N) is 2. The number of unbranched alkanes of at least 4 members (excludes halogenated alkanes) is 3. The molecule has 7 nitrogen and oxygen atoms in total. The van der Waals surface area contributed by atoms with Crippen LogP contribution in [0.15, 0.2) is 113 Å². The van der Waals surface area contributed by atoms with Crippen molar-refractivity contribution in [3.63, 3.8) is 0 Å². The number of carbonyl (C=O) groups is 1. The number of rotatable bonds is 19. The van der Waals surface area contributed by atoms with E-state index in [1.54, 1.807) is 0 Å². The molecule has 0 bridgehead atoms. The van der Waals surface area contributed by atoms with Gasteiger partial charge in [-0.2, -0.15) is 0 Å². The molecule has 2 aromatic rings. The molecule has 2 fully saturated rings. The van der Waals surface area contributed by atoms with E-state index in [2.05, 4.69) is 173 Å². The number of fused-ring (bicyclic) bond motifs is 1. The van der Waals surface area contributed by atoms with Crippen LogP contribution in [0.3, 0.4) is 0 Å². The van der Waals surface area contributed by atoms with Gasteiger partial charge in [0, 0.05) is 72.8 Å². The number of aryl methyl sites for hydroxylation is 2. The minimum atomic E-state index is -0.155. The summed E-state index contributed by atoms with van der Waals surface area (Å²) in [7, 11) is 0. The summed E-state index contributed by atoms with van der Waals surface area (Å²) in [5.41, 5.74) is 13.1. The lowest BCUT2D eigenvalue weighted by molar-refractivity contribution is -0.120. The van der Waals surface area contributed by atoms with Gasteiger partial charge >= 0.3 is 0 Å². The molecule has 0 aromatic heterocycles. The van der Waals surface area contributed by atoms with Crippen molar-refractivity contribution >= 4 is 18.5 Å². The maximum Gasteiger partial charge on any atom is 0.224 e. The summed E-state index contributed by atoms with van der Waals surface area (Å²) in [4.78, 5) is 19.2. The van der Waals surface area contributed by atoms with E-state index >= 15 is 0 Å². The van der Waals surface area contributed by atoms with Gasteiger partial charge in [-0.3, -0.25) is 14.6 Å². The second-order valence-corrected chi connectivity index (χ2v) is 23.6. The predicted octanol–water partition coefficient (Wildman–Crippen LogP) is 13.1. The van der Waals surface area contributed by atoms with Crippen LogP contribution in [-0.2, 0) is 24.2 Å². The number of nitrogens with one attached hydrogen (secondary N) is 4. The fourth-order valence-corrected chi connectivity index (χ4v) is 12.0. The fraction of sp³-hybridized carbons (Fsp3) is 0.603. The number of hydrogen-bond donors (Lipinski definition) is 5. The quantitative estimate of drug-likeness (QED) is 0.0714. The Labute approximate surface area is 438 Å². The smallest absolute Gasteiger partial charge is 0.224 e. The topological polar surface area (TPSA) is 71.7 Å². The maximum atomic E-state index is 12.8. The molecule has 2 aliphatic carbocycles. The first-order valence-electron chi connectivity index (χ1n) is 28.0. The highest BCUT2D eigenvalue weighted by Crippen LogP contribution is 2.61. The highest BCUT2D eigenvalue weighted by Gasteiger charge is 2.50. The van der Waals surface area contributed by atoms with Crippen molar-refractivity contribution in [1.29, 1.82) is 0 Å². The number of carbonyl (C=O) groups excluding carboxylic acids is 1. The maximum absolute atomic E-state index is 12.8. The van der Waals surface area contributed by atoms with E-state index in [0.717, 1.165) is 122 Å². The molecule has 1 amide bonds. The normalized spacial score (nSPS) is 25.8. The summed E-state index contributed by atoms with van der Waals surface area (Å²) < 4.78 is 0. The van der Waals surface area contributed by atoms with Gasteiger partial charge in [-0.25, -0.2) is 0 Å². The molecule has 390 valence electrons. The lowest BCUT2D eigenvalue weighted by Gasteiger charge is -2.33. The summed E-state index contributed by atoms with van der Waals surface area (Å²) in [5, 5.41) is 14.8. The summed E-state index contributed by atoms with van der Waals surface area (Å²) in [6, 6.07) is 17.0. The summed E-state index contributed by atoms with van der Waals surface area (Å²) in [5.74, 6) is 2.47. The average Bonchev–Trinajstić information content (AvgIpc) is 3.61. The van der Waals surface area contributed by atoms with Gasteiger partial charge in [0.25, 0.3) is 0 Å². The van der Waals surface area contributed by atoms with Crippen molar-refractivity contribution in [2.45, 2.75) is 170 Å². The molecule has 0 spiro atoms. The Morgan fingerprint density at radius 1 is 0.944 bits per heavy atom. The minimum Gasteiger partial charge on any atom is -0.382 e. The lowest BCUT2D eigenvalue weighted by atomic mass is 9.88. The predicted molar refractivity (Wildman–Crippen MR) is 307 cm³/mol. The number of amides is 1. The van der Waals surface area contributed by atoms with E-state index in [0.29, 0.717) is 36.0 Å². The van der Waals surface area contributed by atoms with Crippen LogP contribution < -0.4 is 21.3 Å². The molecular formula is C63H96N6OS. The largest absolute Gasteiger partial charge is 0.382 e. The highest BCUT2D eigenvalue weighted by atomic mass is 32.1. The van der Waals surface area contributed by atoms with Crippen molar-refractivity contribution in [2.75, 3.05) is 45.9 Å². The number of benzene rings is 2. The van der Waals surface area contributed by atoms with Gasteiger partial charge in [0.1, 0.15) is 0 Å². The lowest BCUT2D eigenvalue weighted by Crippen LogP contribution is -2.41. The first kappa shape index (κ1) is 56.5. The number of thiol groups is 1. The third kappa shape index (κ3) is 16.9. The van der Waals surface area contributed by atoms with E-state index in [4.69, 9.17) is 12.6 Å². The van der Waals surface area contributed by atoms with Gasteiger partial charge < -0.3 is 21.3 Å². The molecule has 0 radical (unpaired) electrons. The van der Waals surface area contributed by atoms with Crippen LogP contribution in [0.2, 0.25) is 0 Å².